The van der Waals surface area contributed by atoms with E-state index >= 15 is 0 Å². The minimum atomic E-state index is 0. The van der Waals surface area contributed by atoms with E-state index in [1.807, 2.05) is 43.3 Å². The van der Waals surface area contributed by atoms with Gasteiger partial charge < -0.3 is 29.6 Å². The van der Waals surface area contributed by atoms with E-state index in [0.717, 1.165) is 35.8 Å². The average Bonchev–Trinajstić information content (AvgIpc) is 2.81. The zero-order chi connectivity index (χ0) is 22.5. The predicted octanol–water partition coefficient (Wildman–Crippen LogP) is 4.19. The molecule has 0 aliphatic heterocycles. The molecule has 0 heterocycles. The van der Waals surface area contributed by atoms with Crippen LogP contribution in [0.15, 0.2) is 54.0 Å². The van der Waals surface area contributed by atoms with Crippen LogP contribution in [0.3, 0.4) is 0 Å². The Morgan fingerprint density at radius 2 is 1.69 bits per heavy atom. The first-order valence-corrected chi connectivity index (χ1v) is 10.3. The van der Waals surface area contributed by atoms with E-state index in [4.69, 9.17) is 23.9 Å². The summed E-state index contributed by atoms with van der Waals surface area (Å²) in [6.45, 7) is 8.14. The fourth-order valence-corrected chi connectivity index (χ4v) is 3.11. The number of ether oxygens (including phenoxy) is 4. The number of para-hydroxylation sites is 1. The van der Waals surface area contributed by atoms with Gasteiger partial charge in [-0.1, -0.05) is 36.9 Å². The molecule has 0 fully saturated rings. The van der Waals surface area contributed by atoms with Gasteiger partial charge in [0.2, 0.25) is 5.75 Å². The third kappa shape index (κ3) is 7.81. The lowest BCUT2D eigenvalue weighted by Crippen LogP contribution is -2.38. The minimum absolute atomic E-state index is 0. The van der Waals surface area contributed by atoms with E-state index in [0.29, 0.717) is 36.9 Å². The van der Waals surface area contributed by atoms with Gasteiger partial charge in [0.25, 0.3) is 0 Å². The van der Waals surface area contributed by atoms with Crippen molar-refractivity contribution in [2.24, 2.45) is 4.99 Å². The van der Waals surface area contributed by atoms with Crippen LogP contribution in [0.2, 0.25) is 0 Å². The highest BCUT2D eigenvalue weighted by Gasteiger charge is 2.15. The summed E-state index contributed by atoms with van der Waals surface area (Å²) in [6.07, 6.45) is 2.46. The summed E-state index contributed by atoms with van der Waals surface area (Å²) in [4.78, 5) is 4.70. The van der Waals surface area contributed by atoms with Gasteiger partial charge in [0.1, 0.15) is 12.4 Å². The van der Waals surface area contributed by atoms with Crippen molar-refractivity contribution in [2.45, 2.75) is 19.9 Å². The van der Waals surface area contributed by atoms with E-state index in [9.17, 15) is 0 Å². The summed E-state index contributed by atoms with van der Waals surface area (Å²) in [6, 6.07) is 11.8. The average molecular weight is 555 g/mol. The second kappa shape index (κ2) is 15.2. The van der Waals surface area contributed by atoms with Gasteiger partial charge >= 0.3 is 0 Å². The smallest absolute Gasteiger partial charge is 0.203 e. The molecule has 0 radical (unpaired) electrons. The SMILES string of the molecule is C=CCOc1ccccc1CN=C(NCC)NCCc1ccc(OC)c(OC)c1OC.I. The maximum Gasteiger partial charge on any atom is 0.203 e. The fraction of sp³-hybridized carbons (Fsp3) is 0.375. The van der Waals surface area contributed by atoms with E-state index in [1.165, 1.54) is 0 Å². The molecule has 8 heteroatoms. The normalized spacial score (nSPS) is 10.6. The van der Waals surface area contributed by atoms with E-state index in [2.05, 4.69) is 17.2 Å². The van der Waals surface area contributed by atoms with E-state index in [1.54, 1.807) is 27.4 Å². The maximum atomic E-state index is 5.72. The lowest BCUT2D eigenvalue weighted by Gasteiger charge is -2.17. The van der Waals surface area contributed by atoms with Gasteiger partial charge in [0, 0.05) is 24.2 Å². The molecule has 32 heavy (non-hydrogen) atoms. The van der Waals surface area contributed by atoms with E-state index in [-0.39, 0.29) is 24.0 Å². The van der Waals surface area contributed by atoms with Crippen molar-refractivity contribution in [3.8, 4) is 23.0 Å². The number of benzene rings is 2. The third-order valence-electron chi connectivity index (χ3n) is 4.55. The Bertz CT molecular complexity index is 874. The van der Waals surface area contributed by atoms with Gasteiger partial charge in [-0.3, -0.25) is 0 Å². The number of hydrogen-bond donors (Lipinski definition) is 2. The number of rotatable bonds is 12. The first kappa shape index (κ1) is 27.4. The predicted molar refractivity (Wildman–Crippen MR) is 140 cm³/mol. The zero-order valence-corrected chi connectivity index (χ0v) is 21.6. The number of nitrogens with one attached hydrogen (secondary N) is 2. The molecule has 0 aromatic heterocycles. The van der Waals surface area contributed by atoms with Crippen LogP contribution in [0.1, 0.15) is 18.1 Å². The second-order valence-corrected chi connectivity index (χ2v) is 6.57. The lowest BCUT2D eigenvalue weighted by molar-refractivity contribution is 0.322. The summed E-state index contributed by atoms with van der Waals surface area (Å²) >= 11 is 0. The van der Waals surface area contributed by atoms with Crippen molar-refractivity contribution in [1.82, 2.24) is 10.6 Å². The molecule has 2 aromatic rings. The van der Waals surface area contributed by atoms with Crippen LogP contribution in [0.4, 0.5) is 0 Å². The van der Waals surface area contributed by atoms with Crippen molar-refractivity contribution in [1.29, 1.82) is 0 Å². The summed E-state index contributed by atoms with van der Waals surface area (Å²) in [5, 5.41) is 6.65. The standard InChI is InChI=1S/C24H33N3O4.HI/c1-6-16-31-20-11-9-8-10-19(20)17-27-24(25-7-2)26-15-14-18-12-13-21(28-3)23(30-5)22(18)29-4;/h6,8-13H,1,7,14-17H2,2-5H3,(H2,25,26,27);1H. The largest absolute Gasteiger partial charge is 0.493 e. The number of aliphatic imine (C=N–C) groups is 1. The highest BCUT2D eigenvalue weighted by Crippen LogP contribution is 2.39. The summed E-state index contributed by atoms with van der Waals surface area (Å²) in [5.74, 6) is 3.47. The van der Waals surface area contributed by atoms with Gasteiger partial charge in [-0.25, -0.2) is 4.99 Å². The fourth-order valence-electron chi connectivity index (χ4n) is 3.11. The molecule has 0 aliphatic carbocycles. The van der Waals surface area contributed by atoms with Crippen LogP contribution < -0.4 is 29.6 Å². The number of hydrogen-bond acceptors (Lipinski definition) is 5. The third-order valence-corrected chi connectivity index (χ3v) is 4.55. The Balaban J connectivity index is 0.00000512. The summed E-state index contributed by atoms with van der Waals surface area (Å²) < 4.78 is 22.1. The Hall–Kier alpha value is -2.62. The number of guanidine groups is 1. The van der Waals surface area contributed by atoms with Gasteiger partial charge in [0.05, 0.1) is 27.9 Å². The molecule has 0 amide bonds. The Kier molecular flexibility index (Phi) is 13.0. The molecule has 7 nitrogen and oxygen atoms in total. The van der Waals surface area contributed by atoms with Gasteiger partial charge in [-0.05, 0) is 25.5 Å². The number of methoxy groups -OCH3 is 3. The van der Waals surface area contributed by atoms with Crippen molar-refractivity contribution < 1.29 is 18.9 Å². The quantitative estimate of drug-likeness (QED) is 0.177. The van der Waals surface area contributed by atoms with Crippen molar-refractivity contribution >= 4 is 29.9 Å². The molecule has 2 N–H and O–H groups in total. The first-order chi connectivity index (χ1) is 15.2. The first-order valence-electron chi connectivity index (χ1n) is 10.3. The molecule has 0 unspecified atom stereocenters. The van der Waals surface area contributed by atoms with Crippen LogP contribution in [-0.4, -0.2) is 47.0 Å². The van der Waals surface area contributed by atoms with Crippen molar-refractivity contribution in [3.63, 3.8) is 0 Å². The lowest BCUT2D eigenvalue weighted by atomic mass is 10.1. The molecule has 0 spiro atoms. The minimum Gasteiger partial charge on any atom is -0.493 e. The highest BCUT2D eigenvalue weighted by molar-refractivity contribution is 14.0. The van der Waals surface area contributed by atoms with Crippen LogP contribution in [0.25, 0.3) is 0 Å². The highest BCUT2D eigenvalue weighted by atomic mass is 127. The van der Waals surface area contributed by atoms with Crippen LogP contribution >= 0.6 is 24.0 Å². The second-order valence-electron chi connectivity index (χ2n) is 6.57. The topological polar surface area (TPSA) is 73.3 Å². The van der Waals surface area contributed by atoms with Gasteiger partial charge in [-0.2, -0.15) is 0 Å². The Labute approximate surface area is 208 Å². The number of halogens is 1. The van der Waals surface area contributed by atoms with Crippen molar-refractivity contribution in [2.75, 3.05) is 41.0 Å². The molecule has 0 saturated heterocycles. The number of nitrogens with zero attached hydrogens (tertiary/aromatic N) is 1. The molecule has 0 aliphatic rings. The van der Waals surface area contributed by atoms with Crippen LogP contribution in [0.5, 0.6) is 23.0 Å². The molecule has 0 saturated carbocycles. The molecule has 176 valence electrons. The maximum absolute atomic E-state index is 5.72. The van der Waals surface area contributed by atoms with Crippen LogP contribution in [-0.2, 0) is 13.0 Å². The monoisotopic (exact) mass is 555 g/mol. The zero-order valence-electron chi connectivity index (χ0n) is 19.3. The van der Waals surface area contributed by atoms with E-state index < -0.39 is 0 Å². The van der Waals surface area contributed by atoms with Gasteiger partial charge in [-0.15, -0.1) is 24.0 Å². The molecule has 0 atom stereocenters. The summed E-state index contributed by atoms with van der Waals surface area (Å²) in [5.41, 5.74) is 2.04. The Morgan fingerprint density at radius 1 is 0.938 bits per heavy atom. The molecular weight excluding hydrogens is 521 g/mol. The Morgan fingerprint density at radius 3 is 2.34 bits per heavy atom. The molecule has 2 aromatic carbocycles. The molecule has 0 bridgehead atoms. The van der Waals surface area contributed by atoms with Gasteiger partial charge in [0.15, 0.2) is 17.5 Å². The van der Waals surface area contributed by atoms with Crippen LogP contribution in [0, 0.1) is 0 Å². The molecular formula is C24H34IN3O4. The molecule has 2 rings (SSSR count). The van der Waals surface area contributed by atoms with Crippen molar-refractivity contribution in [3.05, 3.63) is 60.2 Å². The summed E-state index contributed by atoms with van der Waals surface area (Å²) in [7, 11) is 4.85.